The van der Waals surface area contributed by atoms with Gasteiger partial charge in [-0.05, 0) is 18.9 Å². The Kier molecular flexibility index (Phi) is 5.66. The molecule has 1 rings (SSSR count). The van der Waals surface area contributed by atoms with Crippen molar-refractivity contribution < 1.29 is 9.34 Å². The molecule has 1 heterocycles. The van der Waals surface area contributed by atoms with E-state index in [1.807, 2.05) is 0 Å². The van der Waals surface area contributed by atoms with Gasteiger partial charge >= 0.3 is 5.88 Å². The number of halogens is 1. The van der Waals surface area contributed by atoms with E-state index in [0.717, 1.165) is 6.42 Å². The molecule has 0 aliphatic rings. The molecule has 0 spiro atoms. The Bertz CT molecular complexity index is 338. The molecule has 1 atom stereocenters. The van der Waals surface area contributed by atoms with E-state index >= 15 is 0 Å². The van der Waals surface area contributed by atoms with Gasteiger partial charge in [-0.25, -0.2) is 0 Å². The molecule has 0 aliphatic heterocycles. The molecule has 15 heavy (non-hydrogen) atoms. The molecule has 0 radical (unpaired) electrons. The van der Waals surface area contributed by atoms with Gasteiger partial charge in [-0.3, -0.25) is 10.1 Å². The third-order valence-electron chi connectivity index (χ3n) is 1.84. The lowest BCUT2D eigenvalue weighted by atomic mass is 10.1. The number of allylic oxidation sites excluding steroid dienone is 1. The van der Waals surface area contributed by atoms with Crippen LogP contribution < -0.4 is 5.73 Å². The number of rotatable bonds is 5. The predicted molar refractivity (Wildman–Crippen MR) is 59.0 cm³/mol. The molecule has 0 aliphatic carbocycles. The minimum absolute atomic E-state index is 0. The first-order valence-corrected chi connectivity index (χ1v) is 4.25. The number of nitrogens with zero attached hydrogens (tertiary/aromatic N) is 1. The largest absolute Gasteiger partial charge is 0.433 e. The Labute approximate surface area is 93.5 Å². The first-order chi connectivity index (χ1) is 6.65. The molecular formula is C9H13ClN2O3. The molecule has 5 nitrogen and oxygen atoms in total. The Hall–Kier alpha value is -1.33. The smallest absolute Gasteiger partial charge is 0.404 e. The highest BCUT2D eigenvalue weighted by Gasteiger charge is 2.15. The summed E-state index contributed by atoms with van der Waals surface area (Å²) in [5, 5.41) is 10.3. The van der Waals surface area contributed by atoms with Crippen molar-refractivity contribution in [2.45, 2.75) is 18.9 Å². The highest BCUT2D eigenvalue weighted by atomic mass is 35.5. The van der Waals surface area contributed by atoms with E-state index in [4.69, 9.17) is 10.2 Å². The summed E-state index contributed by atoms with van der Waals surface area (Å²) >= 11 is 0. The molecule has 0 bridgehead atoms. The highest BCUT2D eigenvalue weighted by molar-refractivity contribution is 5.85. The number of hydrogen-bond donors (Lipinski definition) is 1. The van der Waals surface area contributed by atoms with Crippen LogP contribution in [0.25, 0.3) is 0 Å². The molecule has 0 fully saturated rings. The van der Waals surface area contributed by atoms with Crippen molar-refractivity contribution in [3.05, 3.63) is 40.7 Å². The standard InChI is InChI=1S/C9H12N2O3.ClH/c1-2-3-4-7(10)8-5-6-9(14-8)11(12)13;/h2,5-7H,1,3-4,10H2;1H/t7-;/m1./s1. The monoisotopic (exact) mass is 232 g/mol. The minimum Gasteiger partial charge on any atom is -0.404 e. The lowest BCUT2D eigenvalue weighted by molar-refractivity contribution is -0.402. The van der Waals surface area contributed by atoms with Crippen molar-refractivity contribution in [3.63, 3.8) is 0 Å². The van der Waals surface area contributed by atoms with E-state index in [-0.39, 0.29) is 24.3 Å². The molecule has 0 aromatic carbocycles. The molecule has 0 saturated carbocycles. The number of nitro groups is 1. The molecule has 1 aromatic rings. The zero-order valence-corrected chi connectivity index (χ0v) is 8.90. The van der Waals surface area contributed by atoms with Crippen molar-refractivity contribution in [2.24, 2.45) is 5.73 Å². The van der Waals surface area contributed by atoms with Crippen LogP contribution in [0.15, 0.2) is 29.2 Å². The lowest BCUT2D eigenvalue weighted by Gasteiger charge is -2.04. The van der Waals surface area contributed by atoms with Crippen molar-refractivity contribution in [1.29, 1.82) is 0 Å². The maximum Gasteiger partial charge on any atom is 0.433 e. The zero-order chi connectivity index (χ0) is 10.6. The highest BCUT2D eigenvalue weighted by Crippen LogP contribution is 2.22. The van der Waals surface area contributed by atoms with Crippen molar-refractivity contribution in [2.75, 3.05) is 0 Å². The van der Waals surface area contributed by atoms with Gasteiger partial charge in [0.1, 0.15) is 10.7 Å². The Balaban J connectivity index is 0.00000196. The first kappa shape index (κ1) is 13.7. The van der Waals surface area contributed by atoms with Gasteiger partial charge in [-0.15, -0.1) is 19.0 Å². The summed E-state index contributed by atoms with van der Waals surface area (Å²) in [7, 11) is 0. The molecular weight excluding hydrogens is 220 g/mol. The molecule has 0 unspecified atom stereocenters. The quantitative estimate of drug-likeness (QED) is 0.481. The maximum atomic E-state index is 10.3. The maximum absolute atomic E-state index is 10.3. The van der Waals surface area contributed by atoms with E-state index in [9.17, 15) is 10.1 Å². The summed E-state index contributed by atoms with van der Waals surface area (Å²) in [6.45, 7) is 3.57. The summed E-state index contributed by atoms with van der Waals surface area (Å²) in [5.41, 5.74) is 5.73. The van der Waals surface area contributed by atoms with Crippen molar-refractivity contribution >= 4 is 18.3 Å². The van der Waals surface area contributed by atoms with Crippen LogP contribution in [0.1, 0.15) is 24.6 Å². The summed E-state index contributed by atoms with van der Waals surface area (Å²) in [5.74, 6) is 0.174. The van der Waals surface area contributed by atoms with Gasteiger partial charge in [0, 0.05) is 0 Å². The third-order valence-corrected chi connectivity index (χ3v) is 1.84. The summed E-state index contributed by atoms with van der Waals surface area (Å²) in [4.78, 5) is 9.73. The second kappa shape index (κ2) is 6.21. The zero-order valence-electron chi connectivity index (χ0n) is 8.09. The van der Waals surface area contributed by atoms with Crippen LogP contribution in [0.2, 0.25) is 0 Å². The van der Waals surface area contributed by atoms with Crippen molar-refractivity contribution in [1.82, 2.24) is 0 Å². The second-order valence-corrected chi connectivity index (χ2v) is 2.91. The predicted octanol–water partition coefficient (Wildman–Crippen LogP) is 2.58. The van der Waals surface area contributed by atoms with Crippen LogP contribution in [0.5, 0.6) is 0 Å². The van der Waals surface area contributed by atoms with Gasteiger partial charge in [0.2, 0.25) is 0 Å². The second-order valence-electron chi connectivity index (χ2n) is 2.91. The Morgan fingerprint density at radius 1 is 1.67 bits per heavy atom. The Morgan fingerprint density at radius 2 is 2.33 bits per heavy atom. The molecule has 1 aromatic heterocycles. The van der Waals surface area contributed by atoms with Crippen molar-refractivity contribution in [3.8, 4) is 0 Å². The number of furan rings is 1. The fourth-order valence-corrected chi connectivity index (χ4v) is 1.08. The van der Waals surface area contributed by atoms with Crippen LogP contribution in [0, 0.1) is 10.1 Å². The van der Waals surface area contributed by atoms with E-state index < -0.39 is 4.92 Å². The lowest BCUT2D eigenvalue weighted by Crippen LogP contribution is -2.08. The third kappa shape index (κ3) is 3.73. The average Bonchev–Trinajstić information content (AvgIpc) is 2.62. The van der Waals surface area contributed by atoms with Crippen LogP contribution in [0.3, 0.4) is 0 Å². The van der Waals surface area contributed by atoms with Gasteiger partial charge in [-0.2, -0.15) is 0 Å². The van der Waals surface area contributed by atoms with Crippen LogP contribution in [-0.2, 0) is 0 Å². The van der Waals surface area contributed by atoms with Gasteiger partial charge in [0.15, 0.2) is 0 Å². The fraction of sp³-hybridized carbons (Fsp3) is 0.333. The normalized spacial score (nSPS) is 11.5. The summed E-state index contributed by atoms with van der Waals surface area (Å²) in [6, 6.07) is 2.54. The summed E-state index contributed by atoms with van der Waals surface area (Å²) < 4.78 is 4.95. The average molecular weight is 233 g/mol. The van der Waals surface area contributed by atoms with E-state index in [2.05, 4.69) is 6.58 Å². The molecule has 2 N–H and O–H groups in total. The van der Waals surface area contributed by atoms with Crippen LogP contribution in [-0.4, -0.2) is 4.92 Å². The van der Waals surface area contributed by atoms with Crippen LogP contribution in [0.4, 0.5) is 5.88 Å². The number of hydrogen-bond acceptors (Lipinski definition) is 4. The van der Waals surface area contributed by atoms with E-state index in [0.29, 0.717) is 12.2 Å². The van der Waals surface area contributed by atoms with Gasteiger partial charge in [0.05, 0.1) is 12.1 Å². The van der Waals surface area contributed by atoms with E-state index in [1.54, 1.807) is 6.08 Å². The fourth-order valence-electron chi connectivity index (χ4n) is 1.08. The Morgan fingerprint density at radius 3 is 2.80 bits per heavy atom. The van der Waals surface area contributed by atoms with E-state index in [1.165, 1.54) is 12.1 Å². The first-order valence-electron chi connectivity index (χ1n) is 4.25. The number of nitrogens with two attached hydrogens (primary N) is 1. The molecule has 6 heteroatoms. The summed E-state index contributed by atoms with van der Waals surface area (Å²) in [6.07, 6.45) is 3.18. The van der Waals surface area contributed by atoms with Crippen LogP contribution >= 0.6 is 12.4 Å². The minimum atomic E-state index is -0.580. The molecule has 0 amide bonds. The van der Waals surface area contributed by atoms with Gasteiger partial charge in [-0.1, -0.05) is 6.08 Å². The topological polar surface area (TPSA) is 82.3 Å². The SMILES string of the molecule is C=CCC[C@@H](N)c1ccc([N+](=O)[O-])o1.Cl. The van der Waals surface area contributed by atoms with Gasteiger partial charge in [0.25, 0.3) is 0 Å². The molecule has 84 valence electrons. The molecule has 0 saturated heterocycles. The van der Waals surface area contributed by atoms with Gasteiger partial charge < -0.3 is 10.2 Å².